The van der Waals surface area contributed by atoms with Gasteiger partial charge in [-0.15, -0.1) is 0 Å². The van der Waals surface area contributed by atoms with Gasteiger partial charge in [-0.25, -0.2) is 24.0 Å². The van der Waals surface area contributed by atoms with E-state index in [1.165, 1.54) is 50.6 Å². The highest BCUT2D eigenvalue weighted by atomic mass is 79.9. The van der Waals surface area contributed by atoms with Crippen LogP contribution in [0.5, 0.6) is 11.5 Å². The van der Waals surface area contributed by atoms with E-state index in [-0.39, 0.29) is 119 Å². The molecule has 0 aliphatic carbocycles. The van der Waals surface area contributed by atoms with Crippen molar-refractivity contribution in [2.75, 3.05) is 146 Å². The van der Waals surface area contributed by atoms with Crippen LogP contribution in [-0.4, -0.2) is 197 Å². The molecule has 0 aliphatic heterocycles. The smallest absolute Gasteiger partial charge is 0.344 e. The second-order valence-electron chi connectivity index (χ2n) is 11.5. The number of benzene rings is 2. The van der Waals surface area contributed by atoms with E-state index < -0.39 is 36.5 Å². The number of aliphatic hydroxyl groups is 2. The van der Waals surface area contributed by atoms with Crippen molar-refractivity contribution in [3.63, 3.8) is 0 Å². The highest BCUT2D eigenvalue weighted by molar-refractivity contribution is 9.09. The minimum atomic E-state index is -0.723. The van der Waals surface area contributed by atoms with Gasteiger partial charge < -0.3 is 76.9 Å². The lowest BCUT2D eigenvalue weighted by atomic mass is 10.1. The third-order valence-electron chi connectivity index (χ3n) is 6.84. The first-order chi connectivity index (χ1) is 30.4. The molecule has 0 aliphatic rings. The average Bonchev–Trinajstić information content (AvgIpc) is 3.29. The molecule has 364 valence electrons. The lowest BCUT2D eigenvalue weighted by Gasteiger charge is -2.11. The Morgan fingerprint density at radius 2 is 0.828 bits per heavy atom. The molecule has 2 aromatic carbocycles. The molecule has 0 amide bonds. The van der Waals surface area contributed by atoms with Crippen molar-refractivity contribution in [2.24, 2.45) is 0 Å². The van der Waals surface area contributed by atoms with Crippen LogP contribution in [0, 0.1) is 0 Å². The minimum absolute atomic E-state index is 0. The second kappa shape index (κ2) is 40.8. The summed E-state index contributed by atoms with van der Waals surface area (Å²) in [6.07, 6.45) is 0. The Hall–Kier alpha value is -4.98. The minimum Gasteiger partial charge on any atom is -0.508 e. The van der Waals surface area contributed by atoms with Gasteiger partial charge in [0.15, 0.2) is 6.61 Å². The number of aromatic hydroxyl groups is 1. The van der Waals surface area contributed by atoms with Crippen molar-refractivity contribution >= 4 is 51.7 Å². The first-order valence-corrected chi connectivity index (χ1v) is 20.0. The van der Waals surface area contributed by atoms with Crippen LogP contribution in [-0.2, 0) is 66.4 Å². The number of carbonyl (C=O) groups is 6. The Labute approximate surface area is 380 Å². The van der Waals surface area contributed by atoms with E-state index in [1.54, 1.807) is 14.2 Å². The number of hydrogen-bond acceptors (Lipinski definition) is 22. The number of hydrogen-bond donors (Lipinski definition) is 3. The van der Waals surface area contributed by atoms with E-state index >= 15 is 0 Å². The van der Waals surface area contributed by atoms with Crippen molar-refractivity contribution in [3.8, 4) is 11.5 Å². The van der Waals surface area contributed by atoms with Crippen LogP contribution >= 0.6 is 15.9 Å². The number of phenols is 1. The van der Waals surface area contributed by atoms with Crippen molar-refractivity contribution in [1.82, 2.24) is 0 Å². The molecule has 0 unspecified atom stereocenters. The molecule has 23 heteroatoms. The molecule has 0 heterocycles. The van der Waals surface area contributed by atoms with E-state index in [2.05, 4.69) is 25.4 Å². The standard InChI is InChI=1S/C20H28O11.C13H16O7.C7H13BrO4.CH4/c1-25-5-6-28-7-9-29-18(22)14-31-17-12-15(19(23)26-2)11-16(13-17)20(24)30-10-8-27-4-3-21;1-18-12(16)9-6-10(8-11(15)7-9)13(17)20-5-4-19-3-2-14;1-10-2-3-11-4-5-12-7(9)6-8;/h11-13,21H,3-10,14H2,1-2H3;6-8,14-15H,2-5H2,1H3;2-6H2,1H3;1H4. The summed E-state index contributed by atoms with van der Waals surface area (Å²) in [5.41, 5.74) is 0.159. The molecule has 0 bridgehead atoms. The highest BCUT2D eigenvalue weighted by Crippen LogP contribution is 2.20. The van der Waals surface area contributed by atoms with Crippen LogP contribution < -0.4 is 4.74 Å². The normalized spacial score (nSPS) is 10.0. The molecule has 22 nitrogen and oxygen atoms in total. The summed E-state index contributed by atoms with van der Waals surface area (Å²) < 4.78 is 63.9. The molecular weight excluding hydrogens is 924 g/mol. The van der Waals surface area contributed by atoms with Gasteiger partial charge in [0, 0.05) is 14.2 Å². The molecule has 64 heavy (non-hydrogen) atoms. The molecule has 0 fully saturated rings. The SMILES string of the molecule is C.COC(=O)c1cc(O)cc(C(=O)OCCOCCO)c1.COCCOCCOC(=O)CBr.COCCOCCOC(=O)COc1cc(C(=O)OC)cc(C(=O)OCCOCCO)c1. The number of phenolic OH excluding ortho intramolecular Hbond substituents is 1. The van der Waals surface area contributed by atoms with Gasteiger partial charge in [-0.05, 0) is 36.4 Å². The zero-order chi connectivity index (χ0) is 47.1. The van der Waals surface area contributed by atoms with E-state index in [0.717, 1.165) is 0 Å². The Morgan fingerprint density at radius 1 is 0.469 bits per heavy atom. The maximum absolute atomic E-state index is 12.2. The van der Waals surface area contributed by atoms with Gasteiger partial charge in [0.25, 0.3) is 0 Å². The van der Waals surface area contributed by atoms with Crippen LogP contribution in [0.1, 0.15) is 48.9 Å². The first kappa shape index (κ1) is 61.1. The van der Waals surface area contributed by atoms with Crippen molar-refractivity contribution in [3.05, 3.63) is 58.7 Å². The fourth-order valence-corrected chi connectivity index (χ4v) is 4.19. The maximum Gasteiger partial charge on any atom is 0.344 e. The summed E-state index contributed by atoms with van der Waals surface area (Å²) in [6.45, 7) is 2.71. The molecule has 3 N–H and O–H groups in total. The fourth-order valence-electron chi connectivity index (χ4n) is 4.03. The zero-order valence-electron chi connectivity index (χ0n) is 35.7. The van der Waals surface area contributed by atoms with Crippen LogP contribution in [0.3, 0.4) is 0 Å². The number of esters is 6. The highest BCUT2D eigenvalue weighted by Gasteiger charge is 2.17. The van der Waals surface area contributed by atoms with Crippen LogP contribution in [0.4, 0.5) is 0 Å². The predicted molar refractivity (Wildman–Crippen MR) is 227 cm³/mol. The molecule has 0 saturated heterocycles. The van der Waals surface area contributed by atoms with Gasteiger partial charge in [0.05, 0.1) is 116 Å². The number of alkyl halides is 1. The summed E-state index contributed by atoms with van der Waals surface area (Å²) >= 11 is 2.97. The van der Waals surface area contributed by atoms with Crippen molar-refractivity contribution in [2.45, 2.75) is 7.43 Å². The topological polar surface area (TPSA) is 283 Å². The Bertz CT molecular complexity index is 1610. The van der Waals surface area contributed by atoms with E-state index in [9.17, 15) is 33.9 Å². The van der Waals surface area contributed by atoms with Gasteiger partial charge in [0.2, 0.25) is 0 Å². The maximum atomic E-state index is 12.2. The predicted octanol–water partition coefficient (Wildman–Crippen LogP) is 1.79. The fraction of sp³-hybridized carbons (Fsp3) is 0.561. The number of methoxy groups -OCH3 is 4. The van der Waals surface area contributed by atoms with Gasteiger partial charge in [-0.2, -0.15) is 0 Å². The third-order valence-corrected chi connectivity index (χ3v) is 7.30. The van der Waals surface area contributed by atoms with Gasteiger partial charge >= 0.3 is 35.8 Å². The van der Waals surface area contributed by atoms with E-state index in [4.69, 9.17) is 62.3 Å². The molecule has 2 aromatic rings. The summed E-state index contributed by atoms with van der Waals surface area (Å²) in [6, 6.07) is 7.57. The Kier molecular flexibility index (Phi) is 38.9. The number of carbonyl (C=O) groups excluding carboxylic acids is 6. The summed E-state index contributed by atoms with van der Waals surface area (Å²) in [5.74, 6) is -3.86. The zero-order valence-corrected chi connectivity index (χ0v) is 37.3. The van der Waals surface area contributed by atoms with Crippen LogP contribution in [0.25, 0.3) is 0 Å². The molecule has 0 aromatic heterocycles. The number of halogens is 1. The second-order valence-corrected chi connectivity index (χ2v) is 12.1. The molecule has 0 radical (unpaired) electrons. The van der Waals surface area contributed by atoms with E-state index in [0.29, 0.717) is 39.6 Å². The monoisotopic (exact) mass is 984 g/mol. The van der Waals surface area contributed by atoms with E-state index in [1.807, 2.05) is 0 Å². The summed E-state index contributed by atoms with van der Waals surface area (Å²) in [4.78, 5) is 69.5. The summed E-state index contributed by atoms with van der Waals surface area (Å²) in [7, 11) is 5.55. The van der Waals surface area contributed by atoms with Crippen LogP contribution in [0.15, 0.2) is 36.4 Å². The largest absolute Gasteiger partial charge is 0.508 e. The number of ether oxygens (including phenoxy) is 13. The third kappa shape index (κ3) is 31.0. The molecular formula is C41H61BrO22. The summed E-state index contributed by atoms with van der Waals surface area (Å²) in [5, 5.41) is 26.8. The Morgan fingerprint density at radius 3 is 1.23 bits per heavy atom. The average molecular weight is 986 g/mol. The van der Waals surface area contributed by atoms with Gasteiger partial charge in [-0.1, -0.05) is 23.4 Å². The number of rotatable bonds is 30. The lowest BCUT2D eigenvalue weighted by molar-refractivity contribution is -0.147. The van der Waals surface area contributed by atoms with Crippen molar-refractivity contribution in [1.29, 1.82) is 0 Å². The quantitative estimate of drug-likeness (QED) is 0.0435. The lowest BCUT2D eigenvalue weighted by Crippen LogP contribution is -2.18. The number of aliphatic hydroxyl groups excluding tert-OH is 2. The van der Waals surface area contributed by atoms with Crippen molar-refractivity contribution < 1.29 is 106 Å². The Balaban J connectivity index is 0. The van der Waals surface area contributed by atoms with Crippen LogP contribution in [0.2, 0.25) is 0 Å². The molecule has 2 rings (SSSR count). The molecule has 0 spiro atoms. The first-order valence-electron chi connectivity index (χ1n) is 18.9. The molecule has 0 saturated carbocycles. The molecule has 0 atom stereocenters. The van der Waals surface area contributed by atoms with Gasteiger partial charge in [0.1, 0.15) is 43.3 Å². The van der Waals surface area contributed by atoms with Gasteiger partial charge in [-0.3, -0.25) is 4.79 Å².